The highest BCUT2D eigenvalue weighted by atomic mass is 16.5. The van der Waals surface area contributed by atoms with Crippen molar-refractivity contribution in [3.05, 3.63) is 59.7 Å². The predicted molar refractivity (Wildman–Crippen MR) is 131 cm³/mol. The van der Waals surface area contributed by atoms with E-state index >= 15 is 0 Å². The maximum atomic E-state index is 12.6. The van der Waals surface area contributed by atoms with Gasteiger partial charge in [-0.2, -0.15) is 0 Å². The number of alkyl carbamates (subject to hydrolysis) is 1. The number of carboxylic acid groups (broad SMARTS) is 1. The van der Waals surface area contributed by atoms with Gasteiger partial charge in [0.25, 0.3) is 0 Å². The van der Waals surface area contributed by atoms with Crippen LogP contribution in [0.15, 0.2) is 48.5 Å². The van der Waals surface area contributed by atoms with Crippen molar-refractivity contribution in [1.82, 2.24) is 10.6 Å². The predicted octanol–water partition coefficient (Wildman–Crippen LogP) is 4.31. The fourth-order valence-corrected chi connectivity index (χ4v) is 5.81. The van der Waals surface area contributed by atoms with Gasteiger partial charge in [-0.25, -0.2) is 4.79 Å². The van der Waals surface area contributed by atoms with Crippen LogP contribution in [0.25, 0.3) is 11.1 Å². The minimum Gasteiger partial charge on any atom is -0.481 e. The summed E-state index contributed by atoms with van der Waals surface area (Å²) in [6.45, 7) is 0.439. The monoisotopic (exact) mass is 476 g/mol. The van der Waals surface area contributed by atoms with Gasteiger partial charge < -0.3 is 20.5 Å². The van der Waals surface area contributed by atoms with Gasteiger partial charge in [0.1, 0.15) is 6.61 Å². The average molecular weight is 477 g/mol. The van der Waals surface area contributed by atoms with Crippen molar-refractivity contribution in [1.29, 1.82) is 0 Å². The van der Waals surface area contributed by atoms with Crippen molar-refractivity contribution in [3.63, 3.8) is 0 Å². The number of nitrogens with one attached hydrogen (secondary N) is 2. The van der Waals surface area contributed by atoms with E-state index in [-0.39, 0.29) is 42.9 Å². The van der Waals surface area contributed by atoms with Crippen molar-refractivity contribution < 1.29 is 24.2 Å². The fraction of sp³-hybridized carbons (Fsp3) is 0.464. The molecule has 5 rings (SSSR count). The Labute approximate surface area is 205 Å². The molecule has 0 radical (unpaired) electrons. The molecule has 3 aliphatic rings. The van der Waals surface area contributed by atoms with Crippen LogP contribution in [0.1, 0.15) is 55.6 Å². The topological polar surface area (TPSA) is 105 Å². The lowest BCUT2D eigenvalue weighted by atomic mass is 9.76. The van der Waals surface area contributed by atoms with Crippen molar-refractivity contribution in [2.24, 2.45) is 17.8 Å². The van der Waals surface area contributed by atoms with Gasteiger partial charge in [0.05, 0.1) is 5.92 Å². The number of ether oxygens (including phenoxy) is 1. The SMILES string of the molecule is O=C(NC1CCC(C(=O)NCC(C(=O)O)C2CCC2)C1)OCC1c2ccccc2-c2ccccc21. The zero-order chi connectivity index (χ0) is 24.4. The van der Waals surface area contributed by atoms with Gasteiger partial charge in [0.15, 0.2) is 0 Å². The summed E-state index contributed by atoms with van der Waals surface area (Å²) in [5.74, 6) is -1.51. The minimum absolute atomic E-state index is 0.00750. The third-order valence-electron chi connectivity index (χ3n) is 8.00. The van der Waals surface area contributed by atoms with Crippen LogP contribution in [0, 0.1) is 17.8 Å². The summed E-state index contributed by atoms with van der Waals surface area (Å²) < 4.78 is 5.63. The van der Waals surface area contributed by atoms with Crippen LogP contribution in [0.3, 0.4) is 0 Å². The Morgan fingerprint density at radius 1 is 0.943 bits per heavy atom. The molecule has 2 aromatic carbocycles. The second-order valence-corrected chi connectivity index (χ2v) is 10.1. The summed E-state index contributed by atoms with van der Waals surface area (Å²) in [5.41, 5.74) is 4.70. The third-order valence-corrected chi connectivity index (χ3v) is 8.00. The maximum Gasteiger partial charge on any atom is 0.407 e. The molecule has 0 aromatic heterocycles. The molecule has 0 saturated heterocycles. The molecule has 3 N–H and O–H groups in total. The van der Waals surface area contributed by atoms with E-state index in [1.54, 1.807) is 0 Å². The number of carbonyl (C=O) groups is 3. The van der Waals surface area contributed by atoms with E-state index in [1.165, 1.54) is 22.3 Å². The second kappa shape index (κ2) is 10.1. The Bertz CT molecular complexity index is 1070. The zero-order valence-electron chi connectivity index (χ0n) is 19.7. The number of carbonyl (C=O) groups excluding carboxylic acids is 2. The first-order valence-corrected chi connectivity index (χ1v) is 12.6. The number of amides is 2. The molecule has 184 valence electrons. The first-order valence-electron chi connectivity index (χ1n) is 12.6. The van der Waals surface area contributed by atoms with Crippen LogP contribution in [-0.2, 0) is 14.3 Å². The van der Waals surface area contributed by atoms with Gasteiger partial charge >= 0.3 is 12.1 Å². The van der Waals surface area contributed by atoms with Crippen LogP contribution >= 0.6 is 0 Å². The lowest BCUT2D eigenvalue weighted by molar-refractivity contribution is -0.145. The van der Waals surface area contributed by atoms with Crippen LogP contribution in [0.4, 0.5) is 4.79 Å². The highest BCUT2D eigenvalue weighted by Gasteiger charge is 2.35. The largest absolute Gasteiger partial charge is 0.481 e. The van der Waals surface area contributed by atoms with Gasteiger partial charge in [0, 0.05) is 24.4 Å². The number of rotatable bonds is 8. The molecule has 2 aromatic rings. The summed E-state index contributed by atoms with van der Waals surface area (Å²) in [6, 6.07) is 16.3. The molecule has 2 saturated carbocycles. The van der Waals surface area contributed by atoms with E-state index in [9.17, 15) is 19.5 Å². The summed E-state index contributed by atoms with van der Waals surface area (Å²) in [6.07, 6.45) is 4.35. The first kappa shape index (κ1) is 23.4. The molecule has 7 nitrogen and oxygen atoms in total. The van der Waals surface area contributed by atoms with Crippen LogP contribution < -0.4 is 10.6 Å². The Hall–Kier alpha value is -3.35. The third kappa shape index (κ3) is 4.90. The molecular weight excluding hydrogens is 444 g/mol. The fourth-order valence-electron chi connectivity index (χ4n) is 5.81. The maximum absolute atomic E-state index is 12.6. The van der Waals surface area contributed by atoms with E-state index in [2.05, 4.69) is 34.9 Å². The molecule has 0 heterocycles. The number of hydrogen-bond acceptors (Lipinski definition) is 4. The van der Waals surface area contributed by atoms with Gasteiger partial charge in [-0.05, 0) is 60.3 Å². The van der Waals surface area contributed by atoms with Gasteiger partial charge in [-0.1, -0.05) is 55.0 Å². The highest BCUT2D eigenvalue weighted by Crippen LogP contribution is 2.44. The van der Waals surface area contributed by atoms with Crippen molar-refractivity contribution in [2.75, 3.05) is 13.2 Å². The molecule has 2 amide bonds. The molecule has 35 heavy (non-hydrogen) atoms. The Balaban J connectivity index is 1.10. The number of fused-ring (bicyclic) bond motifs is 3. The number of carboxylic acids is 1. The molecule has 7 heteroatoms. The number of hydrogen-bond donors (Lipinski definition) is 3. The average Bonchev–Trinajstić information content (AvgIpc) is 3.41. The van der Waals surface area contributed by atoms with Gasteiger partial charge in [-0.15, -0.1) is 0 Å². The first-order chi connectivity index (χ1) is 17.0. The highest BCUT2D eigenvalue weighted by molar-refractivity contribution is 5.81. The lowest BCUT2D eigenvalue weighted by Crippen LogP contribution is -2.41. The van der Waals surface area contributed by atoms with E-state index < -0.39 is 18.0 Å². The van der Waals surface area contributed by atoms with Crippen molar-refractivity contribution in [2.45, 2.75) is 50.5 Å². The number of aliphatic carboxylic acids is 1. The molecule has 3 aliphatic carbocycles. The molecule has 0 bridgehead atoms. The van der Waals surface area contributed by atoms with Crippen molar-refractivity contribution >= 4 is 18.0 Å². The molecular formula is C28H32N2O5. The van der Waals surface area contributed by atoms with E-state index in [0.717, 1.165) is 19.3 Å². The van der Waals surface area contributed by atoms with E-state index in [1.807, 2.05) is 24.3 Å². The molecule has 2 fully saturated rings. The van der Waals surface area contributed by atoms with E-state index in [4.69, 9.17) is 4.74 Å². The lowest BCUT2D eigenvalue weighted by Gasteiger charge is -2.31. The van der Waals surface area contributed by atoms with Crippen LogP contribution in [-0.4, -0.2) is 42.3 Å². The summed E-state index contributed by atoms with van der Waals surface area (Å²) in [5, 5.41) is 15.2. The number of benzene rings is 2. The normalized spacial score (nSPS) is 21.9. The Morgan fingerprint density at radius 2 is 1.60 bits per heavy atom. The second-order valence-electron chi connectivity index (χ2n) is 10.1. The van der Waals surface area contributed by atoms with Crippen molar-refractivity contribution in [3.8, 4) is 11.1 Å². The molecule has 3 atom stereocenters. The summed E-state index contributed by atoms with van der Waals surface area (Å²) in [7, 11) is 0. The minimum atomic E-state index is -0.837. The quantitative estimate of drug-likeness (QED) is 0.527. The molecule has 0 aliphatic heterocycles. The Morgan fingerprint density at radius 3 is 2.20 bits per heavy atom. The molecule has 0 spiro atoms. The van der Waals surface area contributed by atoms with Crippen LogP contribution in [0.5, 0.6) is 0 Å². The van der Waals surface area contributed by atoms with E-state index in [0.29, 0.717) is 19.3 Å². The van der Waals surface area contributed by atoms with Crippen LogP contribution in [0.2, 0.25) is 0 Å². The zero-order valence-corrected chi connectivity index (χ0v) is 19.7. The van der Waals surface area contributed by atoms with Gasteiger partial charge in [0.2, 0.25) is 5.91 Å². The van der Waals surface area contributed by atoms with Gasteiger partial charge in [-0.3, -0.25) is 9.59 Å². The smallest absolute Gasteiger partial charge is 0.407 e. The summed E-state index contributed by atoms with van der Waals surface area (Å²) in [4.78, 5) is 36.7. The summed E-state index contributed by atoms with van der Waals surface area (Å²) >= 11 is 0. The molecule has 3 unspecified atom stereocenters. The standard InChI is InChI=1S/C28H32N2O5/c31-26(29-15-24(27(32)33)17-6-5-7-17)18-12-13-19(14-18)30-28(34)35-16-25-22-10-3-1-8-20(22)21-9-2-4-11-23(21)25/h1-4,8-11,17-19,24-25H,5-7,12-16H2,(H,29,31)(H,30,34)(H,32,33). The Kier molecular flexibility index (Phi) is 6.75.